The smallest absolute Gasteiger partial charge is 0.138 e. The number of anilines is 2. The predicted octanol–water partition coefficient (Wildman–Crippen LogP) is 4.93. The van der Waals surface area contributed by atoms with Gasteiger partial charge in [-0.15, -0.1) is 0 Å². The van der Waals surface area contributed by atoms with Crippen LogP contribution in [0.2, 0.25) is 0 Å². The molecule has 5 heterocycles. The Morgan fingerprint density at radius 1 is 0.974 bits per heavy atom. The summed E-state index contributed by atoms with van der Waals surface area (Å²) < 4.78 is 14.6. The van der Waals surface area contributed by atoms with Crippen LogP contribution in [0.5, 0.6) is 0 Å². The summed E-state index contributed by atoms with van der Waals surface area (Å²) in [6.07, 6.45) is 6.79. The number of nitrogens with two attached hydrogens (primary N) is 1. The molecule has 0 radical (unpaired) electrons. The number of hydrogen-bond donors (Lipinski definition) is 4. The van der Waals surface area contributed by atoms with E-state index >= 15 is 0 Å². The molecule has 0 aliphatic carbocycles. The summed E-state index contributed by atoms with van der Waals surface area (Å²) in [6.45, 7) is 1.56. The van der Waals surface area contributed by atoms with E-state index in [4.69, 9.17) is 5.73 Å². The maximum absolute atomic E-state index is 14.6. The van der Waals surface area contributed by atoms with Gasteiger partial charge in [-0.3, -0.25) is 15.1 Å². The number of nitrogens with one attached hydrogen (secondary N) is 3. The van der Waals surface area contributed by atoms with Crippen LogP contribution in [-0.2, 0) is 0 Å². The first-order valence-electron chi connectivity index (χ1n) is 12.2. The van der Waals surface area contributed by atoms with Crippen LogP contribution in [0.15, 0.2) is 67.3 Å². The standard InChI is InChI=1S/C28H26FN9/c1-38(2)6-5-32-20-9-16(7-18(29)10-20)21-3-4-33-28-22(21)11-25(35-28)27-23-12-24(34-15-26(23)36-37-27)17-8-19(30)14-31-13-17/h3-4,7-15,32H,5-6,30H2,1-2H3,(H,33,35)(H,36,37). The van der Waals surface area contributed by atoms with Gasteiger partial charge >= 0.3 is 0 Å². The molecule has 9 nitrogen and oxygen atoms in total. The van der Waals surface area contributed by atoms with Crippen molar-refractivity contribution in [2.75, 3.05) is 38.2 Å². The van der Waals surface area contributed by atoms with Crippen molar-refractivity contribution in [1.82, 2.24) is 35.0 Å². The number of nitrogen functional groups attached to an aromatic ring is 1. The van der Waals surface area contributed by atoms with Gasteiger partial charge in [-0.1, -0.05) is 0 Å². The highest BCUT2D eigenvalue weighted by molar-refractivity contribution is 6.00. The molecule has 190 valence electrons. The quantitative estimate of drug-likeness (QED) is 0.242. The summed E-state index contributed by atoms with van der Waals surface area (Å²) in [4.78, 5) is 18.7. The van der Waals surface area contributed by atoms with Crippen molar-refractivity contribution in [2.24, 2.45) is 0 Å². The summed E-state index contributed by atoms with van der Waals surface area (Å²) in [5, 5.41) is 12.7. The second kappa shape index (κ2) is 9.56. The molecule has 38 heavy (non-hydrogen) atoms. The van der Waals surface area contributed by atoms with Crippen molar-refractivity contribution >= 4 is 33.3 Å². The number of nitrogens with zero attached hydrogens (tertiary/aromatic N) is 5. The third-order valence-electron chi connectivity index (χ3n) is 6.39. The molecular weight excluding hydrogens is 481 g/mol. The molecule has 10 heteroatoms. The summed E-state index contributed by atoms with van der Waals surface area (Å²) in [7, 11) is 4.01. The molecule has 0 saturated heterocycles. The largest absolute Gasteiger partial charge is 0.397 e. The van der Waals surface area contributed by atoms with Gasteiger partial charge < -0.3 is 20.9 Å². The maximum atomic E-state index is 14.6. The van der Waals surface area contributed by atoms with Gasteiger partial charge in [0.1, 0.15) is 17.2 Å². The molecule has 5 N–H and O–H groups in total. The average molecular weight is 508 g/mol. The fraction of sp³-hybridized carbons (Fsp3) is 0.143. The van der Waals surface area contributed by atoms with Gasteiger partial charge in [0.15, 0.2) is 0 Å². The lowest BCUT2D eigenvalue weighted by molar-refractivity contribution is 0.425. The molecule has 0 bridgehead atoms. The molecule has 0 atom stereocenters. The van der Waals surface area contributed by atoms with E-state index in [-0.39, 0.29) is 5.82 Å². The first kappa shape index (κ1) is 23.6. The summed E-state index contributed by atoms with van der Waals surface area (Å²) in [6, 6.07) is 12.7. The molecule has 6 aromatic rings. The van der Waals surface area contributed by atoms with Crippen molar-refractivity contribution in [1.29, 1.82) is 0 Å². The molecule has 0 spiro atoms. The fourth-order valence-corrected chi connectivity index (χ4v) is 4.55. The lowest BCUT2D eigenvalue weighted by atomic mass is 10.0. The van der Waals surface area contributed by atoms with Crippen molar-refractivity contribution in [3.05, 3.63) is 73.1 Å². The third kappa shape index (κ3) is 4.53. The molecular formula is C28H26FN9. The van der Waals surface area contributed by atoms with E-state index in [9.17, 15) is 4.39 Å². The number of likely N-dealkylation sites (N-methyl/N-ethyl adjacent to an activating group) is 1. The Balaban J connectivity index is 1.40. The first-order valence-corrected chi connectivity index (χ1v) is 12.2. The third-order valence-corrected chi connectivity index (χ3v) is 6.39. The van der Waals surface area contributed by atoms with Crippen molar-refractivity contribution < 1.29 is 4.39 Å². The molecule has 5 aromatic heterocycles. The Labute approximate surface area is 218 Å². The van der Waals surface area contributed by atoms with Crippen LogP contribution >= 0.6 is 0 Å². The minimum atomic E-state index is -0.301. The van der Waals surface area contributed by atoms with E-state index in [1.54, 1.807) is 30.9 Å². The van der Waals surface area contributed by atoms with Gasteiger partial charge in [0, 0.05) is 53.7 Å². The van der Waals surface area contributed by atoms with Crippen molar-refractivity contribution in [3.63, 3.8) is 0 Å². The van der Waals surface area contributed by atoms with Gasteiger partial charge in [0.25, 0.3) is 0 Å². The number of fused-ring (bicyclic) bond motifs is 2. The van der Waals surface area contributed by atoms with E-state index in [0.717, 1.165) is 62.3 Å². The molecule has 0 unspecified atom stereocenters. The molecule has 0 saturated carbocycles. The molecule has 0 aliphatic heterocycles. The first-order chi connectivity index (χ1) is 18.4. The molecule has 1 aromatic carbocycles. The number of aromatic amines is 2. The highest BCUT2D eigenvalue weighted by atomic mass is 19.1. The van der Waals surface area contributed by atoms with Crippen LogP contribution in [0.25, 0.3) is 55.7 Å². The van der Waals surface area contributed by atoms with E-state index < -0.39 is 0 Å². The van der Waals surface area contributed by atoms with E-state index in [2.05, 4.69) is 40.3 Å². The monoisotopic (exact) mass is 507 g/mol. The normalized spacial score (nSPS) is 11.6. The Kier molecular flexibility index (Phi) is 5.93. The fourth-order valence-electron chi connectivity index (χ4n) is 4.55. The minimum Gasteiger partial charge on any atom is -0.397 e. The lowest BCUT2D eigenvalue weighted by Crippen LogP contribution is -2.20. The van der Waals surface area contributed by atoms with Crippen molar-refractivity contribution in [3.8, 4) is 33.8 Å². The van der Waals surface area contributed by atoms with Gasteiger partial charge in [0.05, 0.1) is 28.8 Å². The lowest BCUT2D eigenvalue weighted by Gasteiger charge is -2.13. The minimum absolute atomic E-state index is 0.301. The van der Waals surface area contributed by atoms with Gasteiger partial charge in [-0.05, 0) is 67.7 Å². The summed E-state index contributed by atoms with van der Waals surface area (Å²) in [5.41, 5.74) is 13.4. The number of H-pyrrole nitrogens is 2. The van der Waals surface area contributed by atoms with Crippen LogP contribution in [-0.4, -0.2) is 62.2 Å². The average Bonchev–Trinajstić information content (AvgIpc) is 3.51. The number of halogens is 1. The number of pyridine rings is 3. The van der Waals surface area contributed by atoms with E-state index in [1.165, 1.54) is 6.07 Å². The Morgan fingerprint density at radius 2 is 1.87 bits per heavy atom. The Bertz CT molecular complexity index is 1770. The number of rotatable bonds is 7. The molecule has 0 aliphatic rings. The molecule has 0 amide bonds. The highest BCUT2D eigenvalue weighted by Crippen LogP contribution is 2.35. The summed E-state index contributed by atoms with van der Waals surface area (Å²) >= 11 is 0. The predicted molar refractivity (Wildman–Crippen MR) is 149 cm³/mol. The summed E-state index contributed by atoms with van der Waals surface area (Å²) in [5.74, 6) is -0.301. The highest BCUT2D eigenvalue weighted by Gasteiger charge is 2.16. The van der Waals surface area contributed by atoms with Crippen LogP contribution in [0.4, 0.5) is 15.8 Å². The number of benzene rings is 1. The number of aromatic nitrogens is 6. The van der Waals surface area contributed by atoms with Gasteiger partial charge in [-0.25, -0.2) is 9.37 Å². The second-order valence-corrected chi connectivity index (χ2v) is 9.46. The topological polar surface area (TPSA) is 124 Å². The van der Waals surface area contributed by atoms with Crippen LogP contribution in [0.1, 0.15) is 0 Å². The Hall–Kier alpha value is -4.83. The van der Waals surface area contributed by atoms with Gasteiger partial charge in [0.2, 0.25) is 0 Å². The second-order valence-electron chi connectivity index (χ2n) is 9.46. The van der Waals surface area contributed by atoms with Crippen LogP contribution in [0, 0.1) is 5.82 Å². The van der Waals surface area contributed by atoms with E-state index in [1.807, 2.05) is 44.4 Å². The maximum Gasteiger partial charge on any atom is 0.138 e. The van der Waals surface area contributed by atoms with Crippen LogP contribution < -0.4 is 11.1 Å². The SMILES string of the molecule is CN(C)CCNc1cc(F)cc(-c2ccnc3[nH]c(-c4n[nH]c5cnc(-c6cncc(N)c6)cc45)cc23)c1. The number of hydrogen-bond acceptors (Lipinski definition) is 7. The molecule has 6 rings (SSSR count). The van der Waals surface area contributed by atoms with Crippen LogP contribution in [0.3, 0.4) is 0 Å². The zero-order valence-electron chi connectivity index (χ0n) is 21.0. The van der Waals surface area contributed by atoms with Crippen molar-refractivity contribution in [2.45, 2.75) is 0 Å². The zero-order valence-corrected chi connectivity index (χ0v) is 21.0. The Morgan fingerprint density at radius 3 is 2.71 bits per heavy atom. The van der Waals surface area contributed by atoms with Gasteiger partial charge in [-0.2, -0.15) is 5.10 Å². The molecule has 0 fully saturated rings. The zero-order chi connectivity index (χ0) is 26.2. The van der Waals surface area contributed by atoms with E-state index in [0.29, 0.717) is 17.9 Å².